The summed E-state index contributed by atoms with van der Waals surface area (Å²) in [4.78, 5) is 11.3. The number of hydrogen-bond donors (Lipinski definition) is 0. The van der Waals surface area contributed by atoms with Crippen LogP contribution in [0.1, 0.15) is 25.3 Å². The Bertz CT molecular complexity index is 291. The summed E-state index contributed by atoms with van der Waals surface area (Å²) in [6.45, 7) is 2.13. The first kappa shape index (κ1) is 8.98. The first-order valence-electron chi connectivity index (χ1n) is 4.43. The Morgan fingerprint density at radius 2 is 1.92 bits per heavy atom. The van der Waals surface area contributed by atoms with Crippen LogP contribution in [-0.4, -0.2) is 0 Å². The van der Waals surface area contributed by atoms with Crippen molar-refractivity contribution < 1.29 is 0 Å². The molecule has 0 saturated carbocycles. The third-order valence-corrected chi connectivity index (χ3v) is 1.88. The third-order valence-electron chi connectivity index (χ3n) is 1.88. The van der Waals surface area contributed by atoms with E-state index in [4.69, 9.17) is 0 Å². The molecule has 0 heterocycles. The Hall–Kier alpha value is -1.11. The van der Waals surface area contributed by atoms with E-state index in [2.05, 4.69) is 6.92 Å². The molecule has 12 heavy (non-hydrogen) atoms. The molecule has 0 spiro atoms. The van der Waals surface area contributed by atoms with Gasteiger partial charge in [0.15, 0.2) is 5.43 Å². The normalized spacial score (nSPS) is 9.75. The van der Waals surface area contributed by atoms with Gasteiger partial charge in [0.25, 0.3) is 0 Å². The van der Waals surface area contributed by atoms with Gasteiger partial charge in [-0.05, 0) is 24.5 Å². The van der Waals surface area contributed by atoms with Crippen molar-refractivity contribution in [2.24, 2.45) is 0 Å². The average molecular weight is 162 g/mol. The molecule has 0 aliphatic rings. The van der Waals surface area contributed by atoms with E-state index in [-0.39, 0.29) is 5.43 Å². The Balaban J connectivity index is 2.86. The molecule has 0 saturated heterocycles. The lowest BCUT2D eigenvalue weighted by molar-refractivity contribution is 0.792. The van der Waals surface area contributed by atoms with Crippen LogP contribution in [0.15, 0.2) is 35.1 Å². The van der Waals surface area contributed by atoms with Crippen LogP contribution in [0.4, 0.5) is 0 Å². The van der Waals surface area contributed by atoms with E-state index >= 15 is 0 Å². The maximum absolute atomic E-state index is 11.3. The fourth-order valence-electron chi connectivity index (χ4n) is 1.14. The van der Waals surface area contributed by atoms with Crippen molar-refractivity contribution in [3.05, 3.63) is 46.1 Å². The summed E-state index contributed by atoms with van der Waals surface area (Å²) in [6, 6.07) is 9.14. The highest BCUT2D eigenvalue weighted by Crippen LogP contribution is 1.97. The molecule has 0 aliphatic heterocycles. The van der Waals surface area contributed by atoms with Crippen LogP contribution in [0.3, 0.4) is 0 Å². The summed E-state index contributed by atoms with van der Waals surface area (Å²) < 4.78 is 0. The van der Waals surface area contributed by atoms with Gasteiger partial charge in [-0.3, -0.25) is 4.79 Å². The Morgan fingerprint density at radius 3 is 2.67 bits per heavy atom. The number of aryl methyl sites for hydroxylation is 1. The predicted octanol–water partition coefficient (Wildman–Crippen LogP) is 2.39. The van der Waals surface area contributed by atoms with Gasteiger partial charge in [-0.2, -0.15) is 0 Å². The van der Waals surface area contributed by atoms with Crippen molar-refractivity contribution >= 4 is 0 Å². The van der Waals surface area contributed by atoms with Crippen molar-refractivity contribution in [2.45, 2.75) is 26.2 Å². The monoisotopic (exact) mass is 162 g/mol. The van der Waals surface area contributed by atoms with Gasteiger partial charge in [0.1, 0.15) is 0 Å². The van der Waals surface area contributed by atoms with E-state index in [1.165, 1.54) is 0 Å². The third kappa shape index (κ3) is 2.50. The molecule has 0 atom stereocenters. The molecule has 0 radical (unpaired) electrons. The molecule has 0 aromatic heterocycles. The minimum absolute atomic E-state index is 0.161. The highest BCUT2D eigenvalue weighted by Gasteiger charge is 1.93. The predicted molar refractivity (Wildman–Crippen MR) is 51.3 cm³/mol. The van der Waals surface area contributed by atoms with Gasteiger partial charge in [-0.25, -0.2) is 0 Å². The van der Waals surface area contributed by atoms with Crippen molar-refractivity contribution in [3.63, 3.8) is 0 Å². The molecule has 1 aromatic rings. The van der Waals surface area contributed by atoms with E-state index < -0.39 is 0 Å². The molecule has 0 bridgehead atoms. The van der Waals surface area contributed by atoms with Crippen LogP contribution in [0.5, 0.6) is 0 Å². The number of unbranched alkanes of at least 4 members (excludes halogenated alkanes) is 1. The smallest absolute Gasteiger partial charge is 0.181 e. The SMILES string of the molecule is CCCCc1cccccc1=O. The van der Waals surface area contributed by atoms with E-state index in [1.54, 1.807) is 12.1 Å². The highest BCUT2D eigenvalue weighted by molar-refractivity contribution is 5.13. The van der Waals surface area contributed by atoms with E-state index in [0.717, 1.165) is 24.8 Å². The number of rotatable bonds is 3. The van der Waals surface area contributed by atoms with Crippen molar-refractivity contribution in [1.29, 1.82) is 0 Å². The minimum Gasteiger partial charge on any atom is -0.290 e. The molecular formula is C11H14O. The zero-order valence-corrected chi connectivity index (χ0v) is 7.42. The molecule has 64 valence electrons. The molecule has 1 heteroatoms. The second-order valence-electron chi connectivity index (χ2n) is 2.90. The zero-order valence-electron chi connectivity index (χ0n) is 7.42. The molecule has 1 nitrogen and oxygen atoms in total. The largest absolute Gasteiger partial charge is 0.290 e. The average Bonchev–Trinajstić information content (AvgIpc) is 2.27. The molecule has 1 rings (SSSR count). The maximum atomic E-state index is 11.3. The summed E-state index contributed by atoms with van der Waals surface area (Å²) in [5, 5.41) is 0. The number of hydrogen-bond acceptors (Lipinski definition) is 1. The lowest BCUT2D eigenvalue weighted by Gasteiger charge is -1.92. The summed E-state index contributed by atoms with van der Waals surface area (Å²) in [5.41, 5.74) is 1.09. The summed E-state index contributed by atoms with van der Waals surface area (Å²) in [6.07, 6.45) is 3.14. The first-order valence-corrected chi connectivity index (χ1v) is 4.43. The molecule has 0 amide bonds. The fourth-order valence-corrected chi connectivity index (χ4v) is 1.14. The Morgan fingerprint density at radius 1 is 1.17 bits per heavy atom. The van der Waals surface area contributed by atoms with Gasteiger partial charge in [0, 0.05) is 0 Å². The quantitative estimate of drug-likeness (QED) is 0.667. The standard InChI is InChI=1S/C11H14O/c1-2-3-7-10-8-5-4-6-9-11(10)12/h4-6,8-9H,2-3,7H2,1H3. The Kier molecular flexibility index (Phi) is 3.52. The molecule has 1 aromatic carbocycles. The molecule has 0 N–H and O–H groups in total. The van der Waals surface area contributed by atoms with Crippen LogP contribution in [0.2, 0.25) is 0 Å². The topological polar surface area (TPSA) is 17.1 Å². The second-order valence-corrected chi connectivity index (χ2v) is 2.90. The minimum atomic E-state index is 0.161. The fraction of sp³-hybridized carbons (Fsp3) is 0.364. The molecular weight excluding hydrogens is 148 g/mol. The van der Waals surface area contributed by atoms with Gasteiger partial charge in [0.2, 0.25) is 0 Å². The maximum Gasteiger partial charge on any atom is 0.181 e. The van der Waals surface area contributed by atoms with Gasteiger partial charge in [-0.1, -0.05) is 37.6 Å². The van der Waals surface area contributed by atoms with Crippen LogP contribution in [-0.2, 0) is 6.42 Å². The van der Waals surface area contributed by atoms with Crippen LogP contribution in [0, 0.1) is 0 Å². The van der Waals surface area contributed by atoms with E-state index in [9.17, 15) is 4.79 Å². The molecule has 0 fully saturated rings. The van der Waals surface area contributed by atoms with Crippen molar-refractivity contribution in [1.82, 2.24) is 0 Å². The molecule has 0 aliphatic carbocycles. The lowest BCUT2D eigenvalue weighted by atomic mass is 10.1. The van der Waals surface area contributed by atoms with Crippen LogP contribution in [0.25, 0.3) is 0 Å². The summed E-state index contributed by atoms with van der Waals surface area (Å²) in [5.74, 6) is 0. The summed E-state index contributed by atoms with van der Waals surface area (Å²) in [7, 11) is 0. The highest BCUT2D eigenvalue weighted by atomic mass is 16.1. The van der Waals surface area contributed by atoms with Gasteiger partial charge in [0.05, 0.1) is 0 Å². The first-order chi connectivity index (χ1) is 5.84. The zero-order chi connectivity index (χ0) is 8.81. The van der Waals surface area contributed by atoms with E-state index in [0.29, 0.717) is 0 Å². The van der Waals surface area contributed by atoms with E-state index in [1.807, 2.05) is 18.2 Å². The van der Waals surface area contributed by atoms with Gasteiger partial charge in [-0.15, -0.1) is 0 Å². The lowest BCUT2D eigenvalue weighted by Crippen LogP contribution is -2.03. The Labute approximate surface area is 73.1 Å². The van der Waals surface area contributed by atoms with Crippen LogP contribution >= 0.6 is 0 Å². The van der Waals surface area contributed by atoms with Gasteiger partial charge < -0.3 is 0 Å². The van der Waals surface area contributed by atoms with Crippen molar-refractivity contribution in [3.8, 4) is 0 Å². The second kappa shape index (κ2) is 4.70. The van der Waals surface area contributed by atoms with Gasteiger partial charge >= 0.3 is 0 Å². The molecule has 0 unspecified atom stereocenters. The van der Waals surface area contributed by atoms with Crippen LogP contribution < -0.4 is 5.43 Å². The summed E-state index contributed by atoms with van der Waals surface area (Å²) >= 11 is 0. The van der Waals surface area contributed by atoms with Crippen molar-refractivity contribution in [2.75, 3.05) is 0 Å².